The molecule has 1 aliphatic heterocycles. The molecule has 1 aliphatic carbocycles. The topological polar surface area (TPSA) is 67.4 Å². The summed E-state index contributed by atoms with van der Waals surface area (Å²) in [5.74, 6) is -2.17. The van der Waals surface area contributed by atoms with Gasteiger partial charge < -0.3 is 15.4 Å². The Bertz CT molecular complexity index is 966. The van der Waals surface area contributed by atoms with Crippen LogP contribution in [0.3, 0.4) is 0 Å². The Labute approximate surface area is 186 Å². The zero-order valence-electron chi connectivity index (χ0n) is 18.0. The van der Waals surface area contributed by atoms with E-state index in [2.05, 4.69) is 10.6 Å². The SMILES string of the molecule is O=C(Nc1ccc(C2(C(=O)NC[C@H]3CCCO3)CCCCC2)cc1)c1cc(F)ccc1F. The van der Waals surface area contributed by atoms with Crippen LogP contribution in [0.1, 0.15) is 60.9 Å². The fourth-order valence-electron chi connectivity index (χ4n) is 4.73. The zero-order valence-corrected chi connectivity index (χ0v) is 18.0. The maximum atomic E-state index is 13.9. The van der Waals surface area contributed by atoms with Crippen LogP contribution in [-0.4, -0.2) is 31.1 Å². The number of amides is 2. The first kappa shape index (κ1) is 22.4. The summed E-state index contributed by atoms with van der Waals surface area (Å²) in [5.41, 5.74) is 0.394. The molecule has 0 aromatic heterocycles. The second-order valence-electron chi connectivity index (χ2n) is 8.64. The fourth-order valence-corrected chi connectivity index (χ4v) is 4.73. The van der Waals surface area contributed by atoms with Crippen molar-refractivity contribution in [3.63, 3.8) is 0 Å². The van der Waals surface area contributed by atoms with Crippen LogP contribution in [0.2, 0.25) is 0 Å². The van der Waals surface area contributed by atoms with Crippen molar-refractivity contribution >= 4 is 17.5 Å². The molecule has 2 aliphatic rings. The number of benzene rings is 2. The monoisotopic (exact) mass is 442 g/mol. The largest absolute Gasteiger partial charge is 0.376 e. The van der Waals surface area contributed by atoms with Gasteiger partial charge in [0.05, 0.1) is 17.1 Å². The van der Waals surface area contributed by atoms with E-state index in [1.54, 1.807) is 12.1 Å². The van der Waals surface area contributed by atoms with Gasteiger partial charge in [0.1, 0.15) is 11.6 Å². The molecule has 5 nitrogen and oxygen atoms in total. The van der Waals surface area contributed by atoms with Gasteiger partial charge in [0.2, 0.25) is 5.91 Å². The number of carbonyl (C=O) groups excluding carboxylic acids is 2. The van der Waals surface area contributed by atoms with Crippen LogP contribution in [-0.2, 0) is 14.9 Å². The first-order chi connectivity index (χ1) is 15.5. The second-order valence-corrected chi connectivity index (χ2v) is 8.64. The Morgan fingerprint density at radius 1 is 1.00 bits per heavy atom. The van der Waals surface area contributed by atoms with E-state index in [-0.39, 0.29) is 17.6 Å². The summed E-state index contributed by atoms with van der Waals surface area (Å²) in [6.45, 7) is 1.27. The molecule has 2 aromatic carbocycles. The highest BCUT2D eigenvalue weighted by Gasteiger charge is 2.41. The molecule has 2 amide bonds. The summed E-state index contributed by atoms with van der Waals surface area (Å²) < 4.78 is 32.9. The number of anilines is 1. The Morgan fingerprint density at radius 2 is 1.75 bits per heavy atom. The van der Waals surface area contributed by atoms with Crippen molar-refractivity contribution in [2.45, 2.75) is 56.5 Å². The van der Waals surface area contributed by atoms with Crippen molar-refractivity contribution in [3.05, 3.63) is 65.2 Å². The van der Waals surface area contributed by atoms with Gasteiger partial charge in [-0.15, -0.1) is 0 Å². The summed E-state index contributed by atoms with van der Waals surface area (Å²) in [6.07, 6.45) is 6.67. The van der Waals surface area contributed by atoms with Gasteiger partial charge in [0, 0.05) is 18.8 Å². The van der Waals surface area contributed by atoms with Crippen LogP contribution in [0.25, 0.3) is 0 Å². The smallest absolute Gasteiger partial charge is 0.258 e. The summed E-state index contributed by atoms with van der Waals surface area (Å²) in [4.78, 5) is 25.6. The number of hydrogen-bond acceptors (Lipinski definition) is 3. The molecule has 2 fully saturated rings. The molecule has 2 N–H and O–H groups in total. The minimum Gasteiger partial charge on any atom is -0.376 e. The highest BCUT2D eigenvalue weighted by atomic mass is 19.1. The molecule has 170 valence electrons. The van der Waals surface area contributed by atoms with Crippen molar-refractivity contribution in [3.8, 4) is 0 Å². The molecule has 0 radical (unpaired) electrons. The van der Waals surface area contributed by atoms with Crippen LogP contribution in [0, 0.1) is 11.6 Å². The quantitative estimate of drug-likeness (QED) is 0.681. The maximum absolute atomic E-state index is 13.9. The second kappa shape index (κ2) is 9.77. The average molecular weight is 443 g/mol. The van der Waals surface area contributed by atoms with E-state index in [1.165, 1.54) is 0 Å². The molecule has 1 atom stereocenters. The maximum Gasteiger partial charge on any atom is 0.258 e. The Hall–Kier alpha value is -2.80. The number of carbonyl (C=O) groups is 2. The lowest BCUT2D eigenvalue weighted by molar-refractivity contribution is -0.128. The third-order valence-corrected chi connectivity index (χ3v) is 6.52. The van der Waals surface area contributed by atoms with Crippen LogP contribution >= 0.6 is 0 Å². The minimum absolute atomic E-state index is 0.0197. The zero-order chi connectivity index (χ0) is 22.6. The van der Waals surface area contributed by atoms with E-state index in [1.807, 2.05) is 12.1 Å². The van der Waals surface area contributed by atoms with Gasteiger partial charge in [-0.25, -0.2) is 8.78 Å². The van der Waals surface area contributed by atoms with E-state index in [0.29, 0.717) is 12.2 Å². The van der Waals surface area contributed by atoms with Gasteiger partial charge in [-0.1, -0.05) is 31.4 Å². The molecule has 0 bridgehead atoms. The van der Waals surface area contributed by atoms with E-state index in [4.69, 9.17) is 4.74 Å². The third-order valence-electron chi connectivity index (χ3n) is 6.52. The molecule has 2 aromatic rings. The molecule has 1 saturated heterocycles. The van der Waals surface area contributed by atoms with E-state index >= 15 is 0 Å². The predicted molar refractivity (Wildman–Crippen MR) is 117 cm³/mol. The molecular weight excluding hydrogens is 414 g/mol. The normalized spacial score (nSPS) is 20.0. The number of nitrogens with one attached hydrogen (secondary N) is 2. The van der Waals surface area contributed by atoms with Crippen molar-refractivity contribution in [2.24, 2.45) is 0 Å². The molecule has 32 heavy (non-hydrogen) atoms. The minimum atomic E-state index is -0.787. The van der Waals surface area contributed by atoms with E-state index < -0.39 is 23.0 Å². The summed E-state index contributed by atoms with van der Waals surface area (Å²) >= 11 is 0. The van der Waals surface area contributed by atoms with Gasteiger partial charge in [-0.3, -0.25) is 9.59 Å². The van der Waals surface area contributed by atoms with Crippen molar-refractivity contribution < 1.29 is 23.1 Å². The molecule has 7 heteroatoms. The lowest BCUT2D eigenvalue weighted by Gasteiger charge is -2.36. The number of hydrogen-bond donors (Lipinski definition) is 2. The molecule has 4 rings (SSSR count). The highest BCUT2D eigenvalue weighted by Crippen LogP contribution is 2.40. The summed E-state index contributed by atoms with van der Waals surface area (Å²) in [7, 11) is 0. The Balaban J connectivity index is 1.48. The number of ether oxygens (including phenoxy) is 1. The standard InChI is InChI=1S/C25H28F2N2O3/c26-18-8-11-22(27)21(15-18)23(30)29-19-9-6-17(7-10-19)25(12-2-1-3-13-25)24(31)28-16-20-5-4-14-32-20/h6-11,15,20H,1-5,12-14,16H2,(H,28,31)(H,29,30)/t20-/m1/s1. The Kier molecular flexibility index (Phi) is 6.84. The lowest BCUT2D eigenvalue weighted by Crippen LogP contribution is -2.47. The summed E-state index contributed by atoms with van der Waals surface area (Å²) in [6, 6.07) is 9.85. The van der Waals surface area contributed by atoms with Crippen molar-refractivity contribution in [1.29, 1.82) is 0 Å². The Morgan fingerprint density at radius 3 is 2.44 bits per heavy atom. The first-order valence-corrected chi connectivity index (χ1v) is 11.2. The average Bonchev–Trinajstić information content (AvgIpc) is 3.33. The molecular formula is C25H28F2N2O3. The van der Waals surface area contributed by atoms with Crippen molar-refractivity contribution in [1.82, 2.24) is 5.32 Å². The fraction of sp³-hybridized carbons (Fsp3) is 0.440. The highest BCUT2D eigenvalue weighted by molar-refractivity contribution is 6.04. The van der Waals surface area contributed by atoms with Gasteiger partial charge in [-0.05, 0) is 61.6 Å². The van der Waals surface area contributed by atoms with E-state index in [0.717, 1.165) is 75.3 Å². The van der Waals surface area contributed by atoms with Crippen LogP contribution in [0.4, 0.5) is 14.5 Å². The molecule has 0 spiro atoms. The number of halogens is 2. The van der Waals surface area contributed by atoms with Crippen molar-refractivity contribution in [2.75, 3.05) is 18.5 Å². The third kappa shape index (κ3) is 4.83. The van der Waals surface area contributed by atoms with Gasteiger partial charge >= 0.3 is 0 Å². The lowest BCUT2D eigenvalue weighted by atomic mass is 9.68. The number of rotatable bonds is 6. The van der Waals surface area contributed by atoms with Crippen LogP contribution in [0.15, 0.2) is 42.5 Å². The van der Waals surface area contributed by atoms with E-state index in [9.17, 15) is 18.4 Å². The van der Waals surface area contributed by atoms with Gasteiger partial charge in [0.15, 0.2) is 0 Å². The summed E-state index contributed by atoms with van der Waals surface area (Å²) in [5, 5.41) is 5.70. The van der Waals surface area contributed by atoms with Gasteiger partial charge in [0.25, 0.3) is 5.91 Å². The van der Waals surface area contributed by atoms with Crippen LogP contribution in [0.5, 0.6) is 0 Å². The first-order valence-electron chi connectivity index (χ1n) is 11.2. The molecule has 1 saturated carbocycles. The predicted octanol–water partition coefficient (Wildman–Crippen LogP) is 4.71. The molecule has 0 unspecified atom stereocenters. The van der Waals surface area contributed by atoms with Gasteiger partial charge in [-0.2, -0.15) is 0 Å². The van der Waals surface area contributed by atoms with Crippen LogP contribution < -0.4 is 10.6 Å². The molecule has 1 heterocycles.